The number of thiophene rings is 2. The Labute approximate surface area is 151 Å². The zero-order chi connectivity index (χ0) is 18.1. The second-order valence-corrected chi connectivity index (χ2v) is 7.30. The number of hydrogen-bond donors (Lipinski definition) is 1. The Morgan fingerprint density at radius 1 is 1.48 bits per heavy atom. The monoisotopic (exact) mass is 374 g/mol. The molecule has 0 saturated heterocycles. The Morgan fingerprint density at radius 3 is 2.92 bits per heavy atom. The molecular weight excluding hydrogens is 360 g/mol. The molecule has 1 N–H and O–H groups in total. The fraction of sp³-hybridized carbons (Fsp3) is 0.250. The van der Waals surface area contributed by atoms with Gasteiger partial charge in [-0.15, -0.1) is 22.7 Å². The van der Waals surface area contributed by atoms with Crippen molar-refractivity contribution in [2.75, 3.05) is 5.32 Å². The molecule has 0 saturated carbocycles. The van der Waals surface area contributed by atoms with E-state index in [2.05, 4.69) is 10.4 Å². The smallest absolute Gasteiger partial charge is 0.349 e. The third-order valence-electron chi connectivity index (χ3n) is 3.57. The highest BCUT2D eigenvalue weighted by Crippen LogP contribution is 2.28. The zero-order valence-corrected chi connectivity index (χ0v) is 15.3. The number of amides is 1. The molecule has 7 nitrogen and oxygen atoms in total. The van der Waals surface area contributed by atoms with E-state index in [0.29, 0.717) is 15.4 Å². The van der Waals surface area contributed by atoms with Crippen LogP contribution in [0, 0.1) is 18.3 Å². The Balaban J connectivity index is 1.70. The molecular formula is C16H14N4O3S2. The summed E-state index contributed by atoms with van der Waals surface area (Å²) in [7, 11) is 1.81. The number of ether oxygens (including phenoxy) is 1. The van der Waals surface area contributed by atoms with Crippen LogP contribution in [0.25, 0.3) is 10.2 Å². The van der Waals surface area contributed by atoms with Gasteiger partial charge < -0.3 is 10.1 Å². The molecule has 0 aromatic carbocycles. The number of nitrogens with zero attached hydrogens (tertiary/aromatic N) is 3. The summed E-state index contributed by atoms with van der Waals surface area (Å²) in [5.74, 6) is -1.04. The van der Waals surface area contributed by atoms with Gasteiger partial charge in [0.2, 0.25) is 0 Å². The van der Waals surface area contributed by atoms with E-state index in [1.54, 1.807) is 22.2 Å². The average molecular weight is 374 g/mol. The highest BCUT2D eigenvalue weighted by molar-refractivity contribution is 7.20. The molecule has 128 valence electrons. The van der Waals surface area contributed by atoms with Crippen molar-refractivity contribution >= 4 is 49.8 Å². The van der Waals surface area contributed by atoms with E-state index in [1.807, 2.05) is 20.0 Å². The molecule has 0 bridgehead atoms. The first-order valence-corrected chi connectivity index (χ1v) is 9.03. The Kier molecular flexibility index (Phi) is 4.57. The van der Waals surface area contributed by atoms with Gasteiger partial charge in [0.1, 0.15) is 20.8 Å². The number of aryl methyl sites for hydroxylation is 2. The van der Waals surface area contributed by atoms with Crippen molar-refractivity contribution < 1.29 is 14.3 Å². The number of esters is 1. The van der Waals surface area contributed by atoms with Crippen molar-refractivity contribution in [2.24, 2.45) is 7.05 Å². The third-order valence-corrected chi connectivity index (χ3v) is 5.58. The number of hydrogen-bond acceptors (Lipinski definition) is 7. The van der Waals surface area contributed by atoms with E-state index in [1.165, 1.54) is 29.6 Å². The van der Waals surface area contributed by atoms with Gasteiger partial charge in [0.15, 0.2) is 6.10 Å². The number of carbonyl (C=O) groups is 2. The molecule has 0 aliphatic heterocycles. The lowest BCUT2D eigenvalue weighted by molar-refractivity contribution is -0.123. The van der Waals surface area contributed by atoms with Gasteiger partial charge in [-0.2, -0.15) is 10.4 Å². The normalized spacial score (nSPS) is 11.9. The summed E-state index contributed by atoms with van der Waals surface area (Å²) in [5.41, 5.74) is 1.21. The van der Waals surface area contributed by atoms with E-state index in [0.717, 1.165) is 15.9 Å². The van der Waals surface area contributed by atoms with E-state index in [9.17, 15) is 9.59 Å². The summed E-state index contributed by atoms with van der Waals surface area (Å²) in [4.78, 5) is 25.8. The third kappa shape index (κ3) is 3.26. The zero-order valence-electron chi connectivity index (χ0n) is 13.7. The number of fused-ring (bicyclic) bond motifs is 1. The summed E-state index contributed by atoms with van der Waals surface area (Å²) in [5, 5.41) is 18.9. The maximum absolute atomic E-state index is 12.3. The fourth-order valence-electron chi connectivity index (χ4n) is 2.29. The molecule has 0 fully saturated rings. The van der Waals surface area contributed by atoms with Gasteiger partial charge in [-0.05, 0) is 31.4 Å². The average Bonchev–Trinajstić information content (AvgIpc) is 3.25. The number of aromatic nitrogens is 2. The lowest BCUT2D eigenvalue weighted by atomic mass is 10.3. The molecule has 0 aliphatic carbocycles. The van der Waals surface area contributed by atoms with Crippen molar-refractivity contribution in [3.8, 4) is 6.07 Å². The van der Waals surface area contributed by atoms with Crippen LogP contribution in [0.3, 0.4) is 0 Å². The van der Waals surface area contributed by atoms with Crippen LogP contribution < -0.4 is 5.32 Å². The van der Waals surface area contributed by atoms with Crippen LogP contribution in [0.1, 0.15) is 27.9 Å². The highest BCUT2D eigenvalue weighted by Gasteiger charge is 2.22. The first-order chi connectivity index (χ1) is 11.9. The Morgan fingerprint density at radius 2 is 2.24 bits per heavy atom. The predicted molar refractivity (Wildman–Crippen MR) is 95.9 cm³/mol. The van der Waals surface area contributed by atoms with E-state index >= 15 is 0 Å². The van der Waals surface area contributed by atoms with Crippen LogP contribution in [0.15, 0.2) is 17.5 Å². The van der Waals surface area contributed by atoms with Gasteiger partial charge >= 0.3 is 5.97 Å². The molecule has 3 aromatic rings. The number of nitriles is 1. The van der Waals surface area contributed by atoms with Gasteiger partial charge in [0.05, 0.1) is 11.3 Å². The minimum atomic E-state index is -0.981. The van der Waals surface area contributed by atoms with E-state index < -0.39 is 18.0 Å². The molecule has 0 radical (unpaired) electrons. The minimum Gasteiger partial charge on any atom is -0.448 e. The molecule has 3 rings (SSSR count). The minimum absolute atomic E-state index is 0.379. The van der Waals surface area contributed by atoms with Gasteiger partial charge in [-0.1, -0.05) is 0 Å². The molecule has 1 atom stereocenters. The van der Waals surface area contributed by atoms with Gasteiger partial charge in [-0.3, -0.25) is 9.48 Å². The van der Waals surface area contributed by atoms with Gasteiger partial charge in [0.25, 0.3) is 5.91 Å². The fourth-order valence-corrected chi connectivity index (χ4v) is 4.03. The molecule has 0 spiro atoms. The summed E-state index contributed by atoms with van der Waals surface area (Å²) in [6, 6.07) is 5.33. The van der Waals surface area contributed by atoms with Crippen LogP contribution in [0.5, 0.6) is 0 Å². The van der Waals surface area contributed by atoms with Crippen molar-refractivity contribution in [1.82, 2.24) is 9.78 Å². The maximum Gasteiger partial charge on any atom is 0.349 e. The lowest BCUT2D eigenvalue weighted by Gasteiger charge is -2.12. The largest absolute Gasteiger partial charge is 0.448 e. The van der Waals surface area contributed by atoms with Gasteiger partial charge in [0, 0.05) is 12.4 Å². The second kappa shape index (κ2) is 6.66. The summed E-state index contributed by atoms with van der Waals surface area (Å²) >= 11 is 2.51. The number of carbonyl (C=O) groups excluding carboxylic acids is 2. The van der Waals surface area contributed by atoms with Gasteiger partial charge in [-0.25, -0.2) is 4.79 Å². The SMILES string of the molecule is Cc1nn(C)c2sc(C(=O)OC(C)C(=O)Nc3sccc3C#N)cc12. The maximum atomic E-state index is 12.3. The Bertz CT molecular complexity index is 974. The van der Waals surface area contributed by atoms with Crippen LogP contribution >= 0.6 is 22.7 Å². The van der Waals surface area contributed by atoms with Crippen molar-refractivity contribution in [3.05, 3.63) is 33.6 Å². The molecule has 0 aliphatic rings. The van der Waals surface area contributed by atoms with Crippen molar-refractivity contribution in [3.63, 3.8) is 0 Å². The first-order valence-electron chi connectivity index (χ1n) is 7.33. The quantitative estimate of drug-likeness (QED) is 0.708. The van der Waals surface area contributed by atoms with Crippen LogP contribution in [0.4, 0.5) is 5.00 Å². The van der Waals surface area contributed by atoms with E-state index in [4.69, 9.17) is 10.00 Å². The van der Waals surface area contributed by atoms with E-state index in [-0.39, 0.29) is 0 Å². The predicted octanol–water partition coefficient (Wildman–Crippen LogP) is 3.06. The summed E-state index contributed by atoms with van der Waals surface area (Å²) < 4.78 is 6.96. The van der Waals surface area contributed by atoms with Crippen LogP contribution in [-0.4, -0.2) is 27.8 Å². The topological polar surface area (TPSA) is 97.0 Å². The summed E-state index contributed by atoms with van der Waals surface area (Å²) in [6.45, 7) is 3.36. The highest BCUT2D eigenvalue weighted by atomic mass is 32.1. The number of nitrogens with one attached hydrogen (secondary N) is 1. The van der Waals surface area contributed by atoms with Crippen LogP contribution in [-0.2, 0) is 16.6 Å². The van der Waals surface area contributed by atoms with Crippen molar-refractivity contribution in [1.29, 1.82) is 5.26 Å². The van der Waals surface area contributed by atoms with Crippen molar-refractivity contribution in [2.45, 2.75) is 20.0 Å². The standard InChI is InChI=1S/C16H14N4O3S2/c1-8-11-6-12(25-15(11)20(3)19-8)16(22)23-9(2)13(21)18-14-10(7-17)4-5-24-14/h4-6,9H,1-3H3,(H,18,21). The molecule has 1 amide bonds. The molecule has 3 heterocycles. The Hall–Kier alpha value is -2.70. The second-order valence-electron chi connectivity index (χ2n) is 5.35. The molecule has 9 heteroatoms. The molecule has 1 unspecified atom stereocenters. The molecule has 25 heavy (non-hydrogen) atoms. The first kappa shape index (κ1) is 17.1. The van der Waals surface area contributed by atoms with Crippen LogP contribution in [0.2, 0.25) is 0 Å². The number of anilines is 1. The lowest BCUT2D eigenvalue weighted by Crippen LogP contribution is -2.29. The summed E-state index contributed by atoms with van der Waals surface area (Å²) in [6.07, 6.45) is -0.981. The molecule has 3 aromatic heterocycles. The number of rotatable bonds is 4.